The van der Waals surface area contributed by atoms with Gasteiger partial charge in [0.1, 0.15) is 12.9 Å². The first-order valence-corrected chi connectivity index (χ1v) is 4.70. The molecule has 0 fully saturated rings. The standard InChI is InChI=1S/C11H12FNO/c1-14-13-11-4-2-3-8-5-6-9(12)7-10(8)11/h5-7H,2-4H2,1H3/b13-11+. The molecule has 14 heavy (non-hydrogen) atoms. The monoisotopic (exact) mass is 193 g/mol. The van der Waals surface area contributed by atoms with Crippen molar-refractivity contribution < 1.29 is 9.23 Å². The fraction of sp³-hybridized carbons (Fsp3) is 0.364. The molecule has 1 aromatic carbocycles. The Hall–Kier alpha value is -1.38. The predicted molar refractivity (Wildman–Crippen MR) is 52.9 cm³/mol. The summed E-state index contributed by atoms with van der Waals surface area (Å²) in [5.74, 6) is -0.213. The Morgan fingerprint density at radius 3 is 3.00 bits per heavy atom. The number of hydrogen-bond donors (Lipinski definition) is 0. The zero-order valence-electron chi connectivity index (χ0n) is 8.09. The maximum Gasteiger partial charge on any atom is 0.123 e. The van der Waals surface area contributed by atoms with Gasteiger partial charge in [-0.25, -0.2) is 4.39 Å². The molecule has 0 amide bonds. The highest BCUT2D eigenvalue weighted by molar-refractivity contribution is 6.02. The average molecular weight is 193 g/mol. The van der Waals surface area contributed by atoms with Gasteiger partial charge >= 0.3 is 0 Å². The first kappa shape index (κ1) is 9.19. The minimum atomic E-state index is -0.213. The molecule has 0 N–H and O–H groups in total. The van der Waals surface area contributed by atoms with Gasteiger partial charge in [-0.2, -0.15) is 0 Å². The van der Waals surface area contributed by atoms with E-state index in [2.05, 4.69) is 5.16 Å². The smallest absolute Gasteiger partial charge is 0.123 e. The largest absolute Gasteiger partial charge is 0.399 e. The lowest BCUT2D eigenvalue weighted by atomic mass is 9.90. The van der Waals surface area contributed by atoms with Crippen molar-refractivity contribution in [1.82, 2.24) is 0 Å². The lowest BCUT2D eigenvalue weighted by molar-refractivity contribution is 0.212. The number of hydrogen-bond acceptors (Lipinski definition) is 2. The summed E-state index contributed by atoms with van der Waals surface area (Å²) < 4.78 is 13.0. The van der Waals surface area contributed by atoms with E-state index in [1.807, 2.05) is 6.07 Å². The Balaban J connectivity index is 2.47. The Morgan fingerprint density at radius 1 is 1.36 bits per heavy atom. The molecule has 1 aromatic rings. The van der Waals surface area contributed by atoms with E-state index in [0.717, 1.165) is 36.1 Å². The van der Waals surface area contributed by atoms with Crippen LogP contribution in [-0.2, 0) is 11.3 Å². The molecule has 0 bridgehead atoms. The number of benzene rings is 1. The van der Waals surface area contributed by atoms with E-state index < -0.39 is 0 Å². The molecular formula is C11H12FNO. The van der Waals surface area contributed by atoms with Crippen molar-refractivity contribution in [3.8, 4) is 0 Å². The van der Waals surface area contributed by atoms with E-state index in [1.54, 1.807) is 0 Å². The fourth-order valence-electron chi connectivity index (χ4n) is 1.82. The molecule has 2 rings (SSSR count). The minimum absolute atomic E-state index is 0.213. The van der Waals surface area contributed by atoms with Crippen molar-refractivity contribution >= 4 is 5.71 Å². The van der Waals surface area contributed by atoms with Crippen LogP contribution in [0.5, 0.6) is 0 Å². The number of aryl methyl sites for hydroxylation is 1. The summed E-state index contributed by atoms with van der Waals surface area (Å²) in [7, 11) is 1.51. The number of fused-ring (bicyclic) bond motifs is 1. The third-order valence-corrected chi connectivity index (χ3v) is 2.44. The van der Waals surface area contributed by atoms with Crippen LogP contribution in [-0.4, -0.2) is 12.8 Å². The van der Waals surface area contributed by atoms with Crippen LogP contribution in [0.4, 0.5) is 4.39 Å². The quantitative estimate of drug-likeness (QED) is 0.628. The van der Waals surface area contributed by atoms with Crippen molar-refractivity contribution in [1.29, 1.82) is 0 Å². The fourth-order valence-corrected chi connectivity index (χ4v) is 1.82. The highest BCUT2D eigenvalue weighted by atomic mass is 19.1. The second kappa shape index (κ2) is 3.78. The van der Waals surface area contributed by atoms with Crippen LogP contribution in [0, 0.1) is 5.82 Å². The van der Waals surface area contributed by atoms with Gasteiger partial charge in [0.05, 0.1) is 5.71 Å². The lowest BCUT2D eigenvalue weighted by Crippen LogP contribution is -2.12. The molecule has 0 aromatic heterocycles. The summed E-state index contributed by atoms with van der Waals surface area (Å²) in [4.78, 5) is 4.74. The lowest BCUT2D eigenvalue weighted by Gasteiger charge is -2.16. The van der Waals surface area contributed by atoms with Gasteiger partial charge in [0.15, 0.2) is 0 Å². The van der Waals surface area contributed by atoms with Crippen LogP contribution < -0.4 is 0 Å². The number of oxime groups is 1. The normalized spacial score (nSPS) is 18.0. The van der Waals surface area contributed by atoms with E-state index in [4.69, 9.17) is 4.84 Å². The molecule has 1 aliphatic carbocycles. The van der Waals surface area contributed by atoms with E-state index >= 15 is 0 Å². The minimum Gasteiger partial charge on any atom is -0.399 e. The summed E-state index contributed by atoms with van der Waals surface area (Å²) in [6.07, 6.45) is 2.92. The van der Waals surface area contributed by atoms with Gasteiger partial charge in [-0.1, -0.05) is 11.2 Å². The van der Waals surface area contributed by atoms with Crippen LogP contribution in [0.15, 0.2) is 23.4 Å². The molecule has 2 nitrogen and oxygen atoms in total. The molecule has 0 unspecified atom stereocenters. The van der Waals surface area contributed by atoms with Gasteiger partial charge in [0.2, 0.25) is 0 Å². The summed E-state index contributed by atoms with van der Waals surface area (Å²) >= 11 is 0. The molecule has 0 radical (unpaired) electrons. The zero-order chi connectivity index (χ0) is 9.97. The Bertz CT molecular complexity index is 374. The van der Waals surface area contributed by atoms with Crippen LogP contribution in [0.1, 0.15) is 24.0 Å². The van der Waals surface area contributed by atoms with Crippen molar-refractivity contribution in [2.24, 2.45) is 5.16 Å². The molecular weight excluding hydrogens is 181 g/mol. The van der Waals surface area contributed by atoms with Gasteiger partial charge in [0.25, 0.3) is 0 Å². The van der Waals surface area contributed by atoms with Crippen LogP contribution in [0.3, 0.4) is 0 Å². The second-order valence-corrected chi connectivity index (χ2v) is 3.38. The molecule has 3 heteroatoms. The highest BCUT2D eigenvalue weighted by Crippen LogP contribution is 2.22. The molecule has 0 aliphatic heterocycles. The Morgan fingerprint density at radius 2 is 2.21 bits per heavy atom. The number of nitrogens with zero attached hydrogens (tertiary/aromatic N) is 1. The first-order chi connectivity index (χ1) is 6.81. The SMILES string of the molecule is CO/N=C1\CCCc2ccc(F)cc21. The Labute approximate surface area is 82.4 Å². The average Bonchev–Trinajstić information content (AvgIpc) is 2.19. The maximum absolute atomic E-state index is 13.0. The van der Waals surface area contributed by atoms with E-state index in [0.29, 0.717) is 0 Å². The molecule has 0 atom stereocenters. The topological polar surface area (TPSA) is 21.6 Å². The van der Waals surface area contributed by atoms with Gasteiger partial charge in [-0.05, 0) is 37.0 Å². The van der Waals surface area contributed by atoms with Crippen LogP contribution in [0.2, 0.25) is 0 Å². The van der Waals surface area contributed by atoms with Gasteiger partial charge < -0.3 is 4.84 Å². The third-order valence-electron chi connectivity index (χ3n) is 2.44. The van der Waals surface area contributed by atoms with Crippen LogP contribution in [0.25, 0.3) is 0 Å². The first-order valence-electron chi connectivity index (χ1n) is 4.70. The predicted octanol–water partition coefficient (Wildman–Crippen LogP) is 2.51. The second-order valence-electron chi connectivity index (χ2n) is 3.38. The summed E-state index contributed by atoms with van der Waals surface area (Å²) in [6.45, 7) is 0. The summed E-state index contributed by atoms with van der Waals surface area (Å²) in [5.41, 5.74) is 2.92. The number of rotatable bonds is 1. The van der Waals surface area contributed by atoms with Gasteiger partial charge in [-0.15, -0.1) is 0 Å². The van der Waals surface area contributed by atoms with Crippen molar-refractivity contribution in [3.05, 3.63) is 35.1 Å². The summed E-state index contributed by atoms with van der Waals surface area (Å²) in [5, 5.41) is 3.92. The van der Waals surface area contributed by atoms with E-state index in [-0.39, 0.29) is 5.82 Å². The van der Waals surface area contributed by atoms with Crippen molar-refractivity contribution in [3.63, 3.8) is 0 Å². The third kappa shape index (κ3) is 1.62. The van der Waals surface area contributed by atoms with Crippen molar-refractivity contribution in [2.45, 2.75) is 19.3 Å². The van der Waals surface area contributed by atoms with Gasteiger partial charge in [0, 0.05) is 5.56 Å². The van der Waals surface area contributed by atoms with E-state index in [9.17, 15) is 4.39 Å². The molecule has 0 heterocycles. The van der Waals surface area contributed by atoms with E-state index in [1.165, 1.54) is 19.2 Å². The molecule has 1 aliphatic rings. The molecule has 74 valence electrons. The maximum atomic E-state index is 13.0. The number of halogens is 1. The zero-order valence-corrected chi connectivity index (χ0v) is 8.09. The van der Waals surface area contributed by atoms with Gasteiger partial charge in [-0.3, -0.25) is 0 Å². The highest BCUT2D eigenvalue weighted by Gasteiger charge is 2.16. The molecule has 0 saturated heterocycles. The molecule has 0 saturated carbocycles. The Kier molecular flexibility index (Phi) is 2.48. The molecule has 0 spiro atoms. The van der Waals surface area contributed by atoms with Crippen molar-refractivity contribution in [2.75, 3.05) is 7.11 Å². The van der Waals surface area contributed by atoms with Crippen LogP contribution >= 0.6 is 0 Å². The summed E-state index contributed by atoms with van der Waals surface area (Å²) in [6, 6.07) is 4.86.